The largest absolute Gasteiger partial charge is 0.328 e. The van der Waals surface area contributed by atoms with Gasteiger partial charge in [-0.15, -0.1) is 0 Å². The molecule has 1 aromatic heterocycles. The number of nitrogens with one attached hydrogen (secondary N) is 1. The highest BCUT2D eigenvalue weighted by Crippen LogP contribution is 1.95. The van der Waals surface area contributed by atoms with E-state index in [1.165, 1.54) is 25.4 Å². The van der Waals surface area contributed by atoms with Crippen LogP contribution in [0.3, 0.4) is 0 Å². The van der Waals surface area contributed by atoms with Crippen LogP contribution in [0.2, 0.25) is 0 Å². The van der Waals surface area contributed by atoms with Crippen LogP contribution in [0.5, 0.6) is 0 Å². The second-order valence-corrected chi connectivity index (χ2v) is 2.36. The maximum Gasteiger partial charge on any atom is 0.268 e. The molecular formula is C7H9N3O2. The zero-order valence-electron chi connectivity index (χ0n) is 6.57. The highest BCUT2D eigenvalue weighted by molar-refractivity contribution is 5.93. The molecular weight excluding hydrogens is 158 g/mol. The SMILES string of the molecule is CN(N)C(=O)c1ccc(=O)[nH]c1. The number of nitrogens with two attached hydrogens (primary N) is 1. The predicted molar refractivity (Wildman–Crippen MR) is 43.3 cm³/mol. The van der Waals surface area contributed by atoms with Crippen molar-refractivity contribution in [1.29, 1.82) is 0 Å². The van der Waals surface area contributed by atoms with Crippen LogP contribution in [0, 0.1) is 0 Å². The quantitative estimate of drug-likeness (QED) is 0.330. The fourth-order valence-corrected chi connectivity index (χ4v) is 0.747. The summed E-state index contributed by atoms with van der Waals surface area (Å²) in [5.41, 5.74) is 0.117. The Morgan fingerprint density at radius 1 is 1.58 bits per heavy atom. The molecule has 5 nitrogen and oxygen atoms in total. The molecule has 1 rings (SSSR count). The van der Waals surface area contributed by atoms with E-state index < -0.39 is 0 Å². The Labute approximate surface area is 68.8 Å². The molecule has 1 aromatic rings. The van der Waals surface area contributed by atoms with Crippen molar-refractivity contribution in [3.05, 3.63) is 34.2 Å². The van der Waals surface area contributed by atoms with Crippen LogP contribution in [0.15, 0.2) is 23.1 Å². The Morgan fingerprint density at radius 3 is 2.67 bits per heavy atom. The monoisotopic (exact) mass is 167 g/mol. The third-order valence-electron chi connectivity index (χ3n) is 1.35. The van der Waals surface area contributed by atoms with Crippen molar-refractivity contribution in [2.75, 3.05) is 7.05 Å². The van der Waals surface area contributed by atoms with E-state index in [1.807, 2.05) is 0 Å². The van der Waals surface area contributed by atoms with Crippen molar-refractivity contribution in [1.82, 2.24) is 9.99 Å². The lowest BCUT2D eigenvalue weighted by Gasteiger charge is -2.08. The Bertz CT molecular complexity index is 322. The Balaban J connectivity index is 2.98. The van der Waals surface area contributed by atoms with Crippen molar-refractivity contribution in [3.63, 3.8) is 0 Å². The van der Waals surface area contributed by atoms with E-state index in [0.29, 0.717) is 5.56 Å². The van der Waals surface area contributed by atoms with Crippen molar-refractivity contribution in [3.8, 4) is 0 Å². The molecule has 0 aromatic carbocycles. The molecule has 0 radical (unpaired) electrons. The second-order valence-electron chi connectivity index (χ2n) is 2.36. The van der Waals surface area contributed by atoms with E-state index in [9.17, 15) is 9.59 Å². The number of nitrogens with zero attached hydrogens (tertiary/aromatic N) is 1. The summed E-state index contributed by atoms with van der Waals surface area (Å²) in [5, 5.41) is 0.952. The topological polar surface area (TPSA) is 79.2 Å². The lowest BCUT2D eigenvalue weighted by Crippen LogP contribution is -2.33. The summed E-state index contributed by atoms with van der Waals surface area (Å²) in [6.07, 6.45) is 1.33. The molecule has 0 saturated heterocycles. The van der Waals surface area contributed by atoms with E-state index in [-0.39, 0.29) is 11.5 Å². The first kappa shape index (κ1) is 8.48. The maximum absolute atomic E-state index is 11.1. The van der Waals surface area contributed by atoms with Crippen LogP contribution in [-0.4, -0.2) is 22.9 Å². The predicted octanol–water partition coefficient (Wildman–Crippen LogP) is -0.679. The highest BCUT2D eigenvalue weighted by atomic mass is 16.2. The van der Waals surface area contributed by atoms with E-state index in [1.54, 1.807) is 0 Å². The number of carbonyl (C=O) groups is 1. The molecule has 0 aliphatic carbocycles. The van der Waals surface area contributed by atoms with Crippen LogP contribution in [0.4, 0.5) is 0 Å². The van der Waals surface area contributed by atoms with Crippen LogP contribution in [-0.2, 0) is 0 Å². The van der Waals surface area contributed by atoms with Crippen LogP contribution < -0.4 is 11.4 Å². The van der Waals surface area contributed by atoms with Gasteiger partial charge in [0.1, 0.15) is 0 Å². The molecule has 1 amide bonds. The second kappa shape index (κ2) is 3.19. The van der Waals surface area contributed by atoms with Gasteiger partial charge in [0.15, 0.2) is 0 Å². The van der Waals surface area contributed by atoms with Gasteiger partial charge in [0.25, 0.3) is 5.91 Å². The Hall–Kier alpha value is -1.62. The smallest absolute Gasteiger partial charge is 0.268 e. The molecule has 12 heavy (non-hydrogen) atoms. The zero-order valence-corrected chi connectivity index (χ0v) is 6.57. The average molecular weight is 167 g/mol. The van der Waals surface area contributed by atoms with Crippen molar-refractivity contribution in [2.45, 2.75) is 0 Å². The number of hydrazine groups is 1. The lowest BCUT2D eigenvalue weighted by molar-refractivity contribution is 0.0794. The standard InChI is InChI=1S/C7H9N3O2/c1-10(8)7(12)5-2-3-6(11)9-4-5/h2-4H,8H2,1H3,(H,9,11). The molecule has 0 aliphatic rings. The molecule has 0 spiro atoms. The molecule has 0 bridgehead atoms. The van der Waals surface area contributed by atoms with E-state index in [4.69, 9.17) is 5.84 Å². The minimum atomic E-state index is -0.341. The Kier molecular flexibility index (Phi) is 2.25. The van der Waals surface area contributed by atoms with Gasteiger partial charge < -0.3 is 4.98 Å². The van der Waals surface area contributed by atoms with Crippen molar-refractivity contribution >= 4 is 5.91 Å². The van der Waals surface area contributed by atoms with Crippen molar-refractivity contribution < 1.29 is 4.79 Å². The molecule has 3 N–H and O–H groups in total. The molecule has 0 unspecified atom stereocenters. The van der Waals surface area contributed by atoms with Gasteiger partial charge in [0, 0.05) is 19.3 Å². The number of amides is 1. The first-order valence-corrected chi connectivity index (χ1v) is 3.33. The molecule has 5 heteroatoms. The Morgan fingerprint density at radius 2 is 2.25 bits per heavy atom. The van der Waals surface area contributed by atoms with Gasteiger partial charge in [-0.05, 0) is 6.07 Å². The number of H-pyrrole nitrogens is 1. The maximum atomic E-state index is 11.1. The first-order chi connectivity index (χ1) is 5.61. The number of aromatic nitrogens is 1. The van der Waals surface area contributed by atoms with E-state index >= 15 is 0 Å². The molecule has 0 atom stereocenters. The van der Waals surface area contributed by atoms with Gasteiger partial charge in [0.05, 0.1) is 5.56 Å². The van der Waals surface area contributed by atoms with E-state index in [2.05, 4.69) is 4.98 Å². The minimum Gasteiger partial charge on any atom is -0.328 e. The average Bonchev–Trinajstić information content (AvgIpc) is 2.04. The van der Waals surface area contributed by atoms with Crippen LogP contribution >= 0.6 is 0 Å². The third kappa shape index (κ3) is 1.70. The fourth-order valence-electron chi connectivity index (χ4n) is 0.747. The fraction of sp³-hybridized carbons (Fsp3) is 0.143. The highest BCUT2D eigenvalue weighted by Gasteiger charge is 2.06. The van der Waals surface area contributed by atoms with Gasteiger partial charge in [-0.3, -0.25) is 14.6 Å². The summed E-state index contributed by atoms with van der Waals surface area (Å²) in [6.45, 7) is 0. The van der Waals surface area contributed by atoms with Crippen LogP contribution in [0.1, 0.15) is 10.4 Å². The van der Waals surface area contributed by atoms with Crippen molar-refractivity contribution in [2.24, 2.45) is 5.84 Å². The normalized spacial score (nSPS) is 9.50. The molecule has 0 aliphatic heterocycles. The molecule has 64 valence electrons. The first-order valence-electron chi connectivity index (χ1n) is 3.33. The summed E-state index contributed by atoms with van der Waals surface area (Å²) in [4.78, 5) is 24.1. The molecule has 0 fully saturated rings. The zero-order chi connectivity index (χ0) is 9.14. The van der Waals surface area contributed by atoms with Gasteiger partial charge in [-0.1, -0.05) is 0 Å². The lowest BCUT2D eigenvalue weighted by atomic mass is 10.3. The number of aromatic amines is 1. The summed E-state index contributed by atoms with van der Waals surface area (Å²) in [7, 11) is 1.44. The number of hydrogen-bond acceptors (Lipinski definition) is 3. The summed E-state index contributed by atoms with van der Waals surface area (Å²) in [6, 6.07) is 2.70. The summed E-state index contributed by atoms with van der Waals surface area (Å²) < 4.78 is 0. The van der Waals surface area contributed by atoms with Gasteiger partial charge in [-0.2, -0.15) is 0 Å². The molecule has 0 saturated carbocycles. The number of carbonyl (C=O) groups excluding carboxylic acids is 1. The summed E-state index contributed by atoms with van der Waals surface area (Å²) in [5.74, 6) is 4.86. The number of pyridine rings is 1. The van der Waals surface area contributed by atoms with Gasteiger partial charge >= 0.3 is 0 Å². The third-order valence-corrected chi connectivity index (χ3v) is 1.35. The van der Waals surface area contributed by atoms with Gasteiger partial charge in [-0.25, -0.2) is 5.84 Å². The van der Waals surface area contributed by atoms with Crippen LogP contribution in [0.25, 0.3) is 0 Å². The van der Waals surface area contributed by atoms with E-state index in [0.717, 1.165) is 5.01 Å². The minimum absolute atomic E-state index is 0.244. The number of hydrogen-bond donors (Lipinski definition) is 2. The summed E-state index contributed by atoms with van der Waals surface area (Å²) >= 11 is 0. The van der Waals surface area contributed by atoms with Gasteiger partial charge in [0.2, 0.25) is 5.56 Å². The molecule has 1 heterocycles. The number of rotatable bonds is 1.